The van der Waals surface area contributed by atoms with E-state index in [1.165, 1.54) is 0 Å². The van der Waals surface area contributed by atoms with Crippen LogP contribution >= 0.6 is 0 Å². The highest BCUT2D eigenvalue weighted by molar-refractivity contribution is 6.01. The topological polar surface area (TPSA) is 70.7 Å². The molecular weight excluding hydrogens is 452 g/mol. The molecule has 2 aromatic carbocycles. The van der Waals surface area contributed by atoms with E-state index in [9.17, 15) is 9.59 Å². The van der Waals surface area contributed by atoms with E-state index < -0.39 is 6.04 Å². The van der Waals surface area contributed by atoms with Gasteiger partial charge in [-0.3, -0.25) is 9.69 Å². The van der Waals surface area contributed by atoms with Crippen LogP contribution in [0.3, 0.4) is 0 Å². The zero-order valence-electron chi connectivity index (χ0n) is 20.6. The van der Waals surface area contributed by atoms with E-state index in [0.717, 1.165) is 41.2 Å². The number of carbonyl (C=O) groups excluding carboxylic acids is 2. The van der Waals surface area contributed by atoms with Gasteiger partial charge in [0.05, 0.1) is 23.3 Å². The van der Waals surface area contributed by atoms with Crippen LogP contribution < -0.4 is 10.2 Å². The Kier molecular flexibility index (Phi) is 6.62. The van der Waals surface area contributed by atoms with Gasteiger partial charge in [-0.05, 0) is 61.4 Å². The number of furan rings is 1. The summed E-state index contributed by atoms with van der Waals surface area (Å²) in [6.45, 7) is 4.45. The van der Waals surface area contributed by atoms with Gasteiger partial charge in [-0.15, -0.1) is 0 Å². The molecule has 0 saturated carbocycles. The Balaban J connectivity index is 1.48. The standard InChI is InChI=1S/C29H30N4O3/c1-3-4-17-31(29(35)30-22-12-6-5-11-21(22)2)20-27(34)33-24-14-8-7-13-23(24)32-18-9-15-25(32)28(33)26-16-10-19-36-26/h5-16,18-19,28H,3-4,17,20H2,1-2H3,(H,30,35). The van der Waals surface area contributed by atoms with Crippen molar-refractivity contribution in [2.45, 2.75) is 32.7 Å². The van der Waals surface area contributed by atoms with Gasteiger partial charge in [0, 0.05) is 18.4 Å². The second-order valence-electron chi connectivity index (χ2n) is 8.99. The molecule has 0 fully saturated rings. The Morgan fingerprint density at radius 2 is 1.75 bits per heavy atom. The number of hydrogen-bond donors (Lipinski definition) is 1. The number of aromatic nitrogens is 1. The number of carbonyl (C=O) groups is 2. The third-order valence-electron chi connectivity index (χ3n) is 6.58. The van der Waals surface area contributed by atoms with E-state index in [1.54, 1.807) is 16.1 Å². The number of anilines is 2. The van der Waals surface area contributed by atoms with E-state index in [1.807, 2.05) is 85.9 Å². The van der Waals surface area contributed by atoms with Crippen LogP contribution in [-0.4, -0.2) is 34.5 Å². The molecule has 7 nitrogen and oxygen atoms in total. The number of aryl methyl sites for hydroxylation is 1. The molecular formula is C29H30N4O3. The normalized spacial score (nSPS) is 14.2. The summed E-state index contributed by atoms with van der Waals surface area (Å²) in [6, 6.07) is 22.4. The van der Waals surface area contributed by atoms with Gasteiger partial charge in [0.1, 0.15) is 18.3 Å². The molecule has 36 heavy (non-hydrogen) atoms. The molecule has 1 N–H and O–H groups in total. The average Bonchev–Trinajstić information content (AvgIpc) is 3.59. The number of unbranched alkanes of at least 4 members (excludes halogenated alkanes) is 1. The second kappa shape index (κ2) is 10.2. The monoisotopic (exact) mass is 482 g/mol. The Bertz CT molecular complexity index is 1360. The molecule has 0 aliphatic carbocycles. The summed E-state index contributed by atoms with van der Waals surface area (Å²) in [5.41, 5.74) is 4.34. The first-order valence-corrected chi connectivity index (χ1v) is 12.3. The quantitative estimate of drug-likeness (QED) is 0.343. The van der Waals surface area contributed by atoms with Crippen LogP contribution in [0.4, 0.5) is 16.2 Å². The highest BCUT2D eigenvalue weighted by atomic mass is 16.3. The fourth-order valence-electron chi connectivity index (χ4n) is 4.73. The number of nitrogens with one attached hydrogen (secondary N) is 1. The Morgan fingerprint density at radius 3 is 2.50 bits per heavy atom. The minimum atomic E-state index is -0.440. The molecule has 2 aromatic heterocycles. The van der Waals surface area contributed by atoms with Crippen LogP contribution in [0.15, 0.2) is 89.7 Å². The lowest BCUT2D eigenvalue weighted by molar-refractivity contribution is -0.119. The molecule has 4 aromatic rings. The number of rotatable bonds is 7. The van der Waals surface area contributed by atoms with Crippen molar-refractivity contribution in [1.29, 1.82) is 0 Å². The first-order chi connectivity index (χ1) is 17.6. The van der Waals surface area contributed by atoms with Crippen LogP contribution in [0.2, 0.25) is 0 Å². The number of para-hydroxylation sites is 3. The molecule has 7 heteroatoms. The summed E-state index contributed by atoms with van der Waals surface area (Å²) in [5, 5.41) is 2.99. The molecule has 1 unspecified atom stereocenters. The maximum Gasteiger partial charge on any atom is 0.322 e. The van der Waals surface area contributed by atoms with Crippen LogP contribution in [0.25, 0.3) is 5.69 Å². The van der Waals surface area contributed by atoms with Crippen molar-refractivity contribution in [3.05, 3.63) is 102 Å². The lowest BCUT2D eigenvalue weighted by Gasteiger charge is -2.38. The van der Waals surface area contributed by atoms with Gasteiger partial charge in [-0.1, -0.05) is 43.7 Å². The van der Waals surface area contributed by atoms with E-state index >= 15 is 0 Å². The van der Waals surface area contributed by atoms with Gasteiger partial charge >= 0.3 is 6.03 Å². The average molecular weight is 483 g/mol. The van der Waals surface area contributed by atoms with E-state index in [4.69, 9.17) is 4.42 Å². The summed E-state index contributed by atoms with van der Waals surface area (Å²) >= 11 is 0. The largest absolute Gasteiger partial charge is 0.467 e. The Morgan fingerprint density at radius 1 is 0.972 bits per heavy atom. The minimum Gasteiger partial charge on any atom is -0.467 e. The number of urea groups is 1. The van der Waals surface area contributed by atoms with Crippen molar-refractivity contribution in [2.24, 2.45) is 0 Å². The molecule has 0 bridgehead atoms. The van der Waals surface area contributed by atoms with Gasteiger partial charge in [-0.2, -0.15) is 0 Å². The molecule has 0 saturated heterocycles. The number of hydrogen-bond acceptors (Lipinski definition) is 3. The SMILES string of the molecule is CCCCN(CC(=O)N1c2ccccc2-n2cccc2C1c1ccco1)C(=O)Nc1ccccc1C. The molecule has 1 aliphatic heterocycles. The minimum absolute atomic E-state index is 0.0516. The molecule has 184 valence electrons. The molecule has 0 spiro atoms. The maximum atomic E-state index is 14.0. The van der Waals surface area contributed by atoms with Crippen molar-refractivity contribution in [3.8, 4) is 5.69 Å². The highest BCUT2D eigenvalue weighted by Crippen LogP contribution is 2.42. The lowest BCUT2D eigenvalue weighted by Crippen LogP contribution is -2.48. The summed E-state index contributed by atoms with van der Waals surface area (Å²) in [5.74, 6) is 0.495. The van der Waals surface area contributed by atoms with Gasteiger partial charge in [-0.25, -0.2) is 4.79 Å². The lowest BCUT2D eigenvalue weighted by atomic mass is 10.0. The van der Waals surface area contributed by atoms with Gasteiger partial charge in [0.15, 0.2) is 0 Å². The Hall–Kier alpha value is -4.26. The van der Waals surface area contributed by atoms with Crippen molar-refractivity contribution in [1.82, 2.24) is 9.47 Å². The summed E-state index contributed by atoms with van der Waals surface area (Å²) < 4.78 is 7.89. The number of fused-ring (bicyclic) bond motifs is 3. The number of benzene rings is 2. The maximum absolute atomic E-state index is 14.0. The predicted octanol–water partition coefficient (Wildman–Crippen LogP) is 6.15. The number of amides is 3. The fraction of sp³-hybridized carbons (Fsp3) is 0.241. The third-order valence-corrected chi connectivity index (χ3v) is 6.58. The summed E-state index contributed by atoms with van der Waals surface area (Å²) in [7, 11) is 0. The fourth-order valence-corrected chi connectivity index (χ4v) is 4.73. The van der Waals surface area contributed by atoms with E-state index in [0.29, 0.717) is 12.3 Å². The van der Waals surface area contributed by atoms with E-state index in [-0.39, 0.29) is 18.5 Å². The molecule has 0 radical (unpaired) electrons. The zero-order chi connectivity index (χ0) is 25.1. The van der Waals surface area contributed by atoms with Crippen molar-refractivity contribution < 1.29 is 14.0 Å². The second-order valence-corrected chi connectivity index (χ2v) is 8.99. The van der Waals surface area contributed by atoms with Gasteiger partial charge < -0.3 is 19.2 Å². The molecule has 1 atom stereocenters. The predicted molar refractivity (Wildman–Crippen MR) is 140 cm³/mol. The summed E-state index contributed by atoms with van der Waals surface area (Å²) in [6.07, 6.45) is 5.33. The zero-order valence-corrected chi connectivity index (χ0v) is 20.6. The molecule has 3 amide bonds. The van der Waals surface area contributed by atoms with Crippen molar-refractivity contribution in [2.75, 3.05) is 23.3 Å². The molecule has 1 aliphatic rings. The number of nitrogens with zero attached hydrogens (tertiary/aromatic N) is 3. The Labute approximate surface area is 210 Å². The van der Waals surface area contributed by atoms with Crippen LogP contribution in [0.5, 0.6) is 0 Å². The smallest absolute Gasteiger partial charge is 0.322 e. The van der Waals surface area contributed by atoms with Crippen LogP contribution in [-0.2, 0) is 4.79 Å². The van der Waals surface area contributed by atoms with Crippen molar-refractivity contribution in [3.63, 3.8) is 0 Å². The van der Waals surface area contributed by atoms with Gasteiger partial charge in [0.2, 0.25) is 5.91 Å². The van der Waals surface area contributed by atoms with Gasteiger partial charge in [0.25, 0.3) is 0 Å². The van der Waals surface area contributed by atoms with Crippen LogP contribution in [0.1, 0.15) is 42.8 Å². The third kappa shape index (κ3) is 4.40. The first kappa shape index (κ1) is 23.5. The van der Waals surface area contributed by atoms with Crippen molar-refractivity contribution >= 4 is 23.3 Å². The van der Waals surface area contributed by atoms with Crippen LogP contribution in [0, 0.1) is 6.92 Å². The molecule has 5 rings (SSSR count). The van der Waals surface area contributed by atoms with E-state index in [2.05, 4.69) is 16.8 Å². The molecule has 3 heterocycles. The summed E-state index contributed by atoms with van der Waals surface area (Å²) in [4.78, 5) is 30.7. The highest BCUT2D eigenvalue weighted by Gasteiger charge is 2.38. The first-order valence-electron chi connectivity index (χ1n) is 12.3.